The first-order chi connectivity index (χ1) is 10.3. The van der Waals surface area contributed by atoms with E-state index in [0.29, 0.717) is 17.1 Å². The predicted octanol–water partition coefficient (Wildman–Crippen LogP) is 3.58. The van der Waals surface area contributed by atoms with Crippen molar-refractivity contribution >= 4 is 5.78 Å². The molecule has 4 heteroatoms. The van der Waals surface area contributed by atoms with Crippen molar-refractivity contribution in [1.82, 2.24) is 5.16 Å². The smallest absolute Gasteiger partial charge is 0.215 e. The van der Waals surface area contributed by atoms with Crippen LogP contribution in [-0.2, 0) is 0 Å². The molecule has 0 aliphatic carbocycles. The molecule has 0 unspecified atom stereocenters. The molecule has 0 bridgehead atoms. The van der Waals surface area contributed by atoms with Crippen LogP contribution in [0.5, 0.6) is 5.75 Å². The molecule has 0 N–H and O–H groups in total. The number of rotatable bonds is 4. The molecule has 0 saturated carbocycles. The number of ether oxygens (including phenoxy) is 1. The number of ketones is 1. The van der Waals surface area contributed by atoms with Crippen molar-refractivity contribution in [3.05, 3.63) is 71.9 Å². The Morgan fingerprint density at radius 1 is 1.05 bits per heavy atom. The van der Waals surface area contributed by atoms with Gasteiger partial charge in [0.15, 0.2) is 11.5 Å². The van der Waals surface area contributed by atoms with E-state index in [9.17, 15) is 4.79 Å². The molecule has 0 fully saturated rings. The molecule has 0 spiro atoms. The molecule has 1 aromatic heterocycles. The average molecular weight is 279 g/mol. The third-order valence-electron chi connectivity index (χ3n) is 3.13. The van der Waals surface area contributed by atoms with E-state index in [1.54, 1.807) is 37.4 Å². The molecular weight excluding hydrogens is 266 g/mol. The Hall–Kier alpha value is -2.88. The average Bonchev–Trinajstić information content (AvgIpc) is 3.05. The van der Waals surface area contributed by atoms with Gasteiger partial charge in [-0.15, -0.1) is 0 Å². The molecule has 2 aromatic carbocycles. The van der Waals surface area contributed by atoms with Gasteiger partial charge >= 0.3 is 0 Å². The van der Waals surface area contributed by atoms with Crippen molar-refractivity contribution in [2.75, 3.05) is 7.11 Å². The maximum absolute atomic E-state index is 12.4. The SMILES string of the molecule is COc1cccc(C(=O)c2cc(-c3ccccc3)on2)c1. The van der Waals surface area contributed by atoms with Crippen molar-refractivity contribution in [3.63, 3.8) is 0 Å². The molecular formula is C17H13NO3. The van der Waals surface area contributed by atoms with Crippen LogP contribution in [-0.4, -0.2) is 18.0 Å². The van der Waals surface area contributed by atoms with Crippen LogP contribution in [0.25, 0.3) is 11.3 Å². The normalized spacial score (nSPS) is 10.3. The lowest BCUT2D eigenvalue weighted by Gasteiger charge is -2.01. The molecule has 21 heavy (non-hydrogen) atoms. The molecule has 0 aliphatic heterocycles. The highest BCUT2D eigenvalue weighted by Crippen LogP contribution is 2.22. The zero-order valence-corrected chi connectivity index (χ0v) is 11.4. The number of hydrogen-bond donors (Lipinski definition) is 0. The molecule has 0 amide bonds. The van der Waals surface area contributed by atoms with Gasteiger partial charge in [0.2, 0.25) is 5.78 Å². The Bertz CT molecular complexity index is 762. The van der Waals surface area contributed by atoms with Gasteiger partial charge in [0.25, 0.3) is 0 Å². The number of carbonyl (C=O) groups excluding carboxylic acids is 1. The topological polar surface area (TPSA) is 52.3 Å². The summed E-state index contributed by atoms with van der Waals surface area (Å²) in [5.41, 5.74) is 1.68. The minimum atomic E-state index is -0.195. The molecule has 0 aliphatic rings. The summed E-state index contributed by atoms with van der Waals surface area (Å²) in [5.74, 6) is 1.01. The molecule has 0 radical (unpaired) electrons. The van der Waals surface area contributed by atoms with Gasteiger partial charge in [-0.25, -0.2) is 0 Å². The quantitative estimate of drug-likeness (QED) is 0.685. The Labute approximate surface area is 122 Å². The minimum absolute atomic E-state index is 0.195. The van der Waals surface area contributed by atoms with Gasteiger partial charge < -0.3 is 9.26 Å². The van der Waals surface area contributed by atoms with Crippen LogP contribution in [0.3, 0.4) is 0 Å². The lowest BCUT2D eigenvalue weighted by atomic mass is 10.1. The van der Waals surface area contributed by atoms with E-state index >= 15 is 0 Å². The summed E-state index contributed by atoms with van der Waals surface area (Å²) in [6.45, 7) is 0. The fraction of sp³-hybridized carbons (Fsp3) is 0.0588. The number of methoxy groups -OCH3 is 1. The van der Waals surface area contributed by atoms with Crippen molar-refractivity contribution in [3.8, 4) is 17.1 Å². The largest absolute Gasteiger partial charge is 0.497 e. The minimum Gasteiger partial charge on any atom is -0.497 e. The zero-order chi connectivity index (χ0) is 14.7. The summed E-state index contributed by atoms with van der Waals surface area (Å²) in [6, 6.07) is 18.1. The van der Waals surface area contributed by atoms with Gasteiger partial charge in [0, 0.05) is 17.2 Å². The first-order valence-electron chi connectivity index (χ1n) is 6.49. The zero-order valence-electron chi connectivity index (χ0n) is 11.4. The molecule has 0 saturated heterocycles. The van der Waals surface area contributed by atoms with Gasteiger partial charge in [-0.2, -0.15) is 0 Å². The van der Waals surface area contributed by atoms with E-state index in [2.05, 4.69) is 5.16 Å². The second kappa shape index (κ2) is 5.63. The van der Waals surface area contributed by atoms with E-state index in [1.165, 1.54) is 0 Å². The van der Waals surface area contributed by atoms with Gasteiger partial charge in [-0.3, -0.25) is 4.79 Å². The number of carbonyl (C=O) groups is 1. The maximum Gasteiger partial charge on any atom is 0.215 e. The predicted molar refractivity (Wildman–Crippen MR) is 78.4 cm³/mol. The number of nitrogens with zero attached hydrogens (tertiary/aromatic N) is 1. The van der Waals surface area contributed by atoms with Crippen molar-refractivity contribution in [2.45, 2.75) is 0 Å². The van der Waals surface area contributed by atoms with Crippen LogP contribution in [0, 0.1) is 0 Å². The number of benzene rings is 2. The third-order valence-corrected chi connectivity index (χ3v) is 3.13. The van der Waals surface area contributed by atoms with Gasteiger partial charge in [0.05, 0.1) is 7.11 Å². The summed E-state index contributed by atoms with van der Waals surface area (Å²) in [7, 11) is 1.56. The van der Waals surface area contributed by atoms with E-state index in [4.69, 9.17) is 9.26 Å². The van der Waals surface area contributed by atoms with E-state index in [1.807, 2.05) is 30.3 Å². The second-order valence-electron chi connectivity index (χ2n) is 4.50. The van der Waals surface area contributed by atoms with Crippen LogP contribution in [0.4, 0.5) is 0 Å². The highest BCUT2D eigenvalue weighted by atomic mass is 16.5. The van der Waals surface area contributed by atoms with Crippen LogP contribution < -0.4 is 4.74 Å². The van der Waals surface area contributed by atoms with E-state index < -0.39 is 0 Å². The lowest BCUT2D eigenvalue weighted by molar-refractivity contribution is 0.103. The lowest BCUT2D eigenvalue weighted by Crippen LogP contribution is -2.01. The first kappa shape index (κ1) is 13.1. The molecule has 104 valence electrons. The van der Waals surface area contributed by atoms with Crippen LogP contribution in [0.2, 0.25) is 0 Å². The fourth-order valence-corrected chi connectivity index (χ4v) is 2.03. The van der Waals surface area contributed by atoms with Crippen LogP contribution in [0.1, 0.15) is 16.1 Å². The summed E-state index contributed by atoms with van der Waals surface area (Å²) in [4.78, 5) is 12.4. The molecule has 4 nitrogen and oxygen atoms in total. The van der Waals surface area contributed by atoms with Crippen LogP contribution >= 0.6 is 0 Å². The number of aromatic nitrogens is 1. The summed E-state index contributed by atoms with van der Waals surface area (Å²) < 4.78 is 10.4. The van der Waals surface area contributed by atoms with E-state index in [-0.39, 0.29) is 11.5 Å². The van der Waals surface area contributed by atoms with Gasteiger partial charge in [-0.05, 0) is 12.1 Å². The fourth-order valence-electron chi connectivity index (χ4n) is 2.03. The first-order valence-corrected chi connectivity index (χ1v) is 6.49. The summed E-state index contributed by atoms with van der Waals surface area (Å²) in [6.07, 6.45) is 0. The molecule has 1 heterocycles. The monoisotopic (exact) mass is 279 g/mol. The highest BCUT2D eigenvalue weighted by molar-refractivity contribution is 6.08. The standard InChI is InChI=1S/C17H13NO3/c1-20-14-9-5-8-13(10-14)17(19)15-11-16(21-18-15)12-6-3-2-4-7-12/h2-11H,1H3. The van der Waals surface area contributed by atoms with Crippen LogP contribution in [0.15, 0.2) is 65.2 Å². The summed E-state index contributed by atoms with van der Waals surface area (Å²) in [5, 5.41) is 3.86. The van der Waals surface area contributed by atoms with Crippen molar-refractivity contribution < 1.29 is 14.1 Å². The van der Waals surface area contributed by atoms with Crippen molar-refractivity contribution in [2.24, 2.45) is 0 Å². The molecule has 3 aromatic rings. The van der Waals surface area contributed by atoms with Gasteiger partial charge in [-0.1, -0.05) is 47.6 Å². The Balaban J connectivity index is 1.91. The summed E-state index contributed by atoms with van der Waals surface area (Å²) >= 11 is 0. The molecule has 0 atom stereocenters. The van der Waals surface area contributed by atoms with Crippen molar-refractivity contribution in [1.29, 1.82) is 0 Å². The Morgan fingerprint density at radius 3 is 2.62 bits per heavy atom. The molecule has 3 rings (SSSR count). The Morgan fingerprint density at radius 2 is 1.86 bits per heavy atom. The Kier molecular flexibility index (Phi) is 3.51. The van der Waals surface area contributed by atoms with E-state index in [0.717, 1.165) is 5.56 Å². The number of hydrogen-bond acceptors (Lipinski definition) is 4. The maximum atomic E-state index is 12.4. The second-order valence-corrected chi connectivity index (χ2v) is 4.50. The highest BCUT2D eigenvalue weighted by Gasteiger charge is 2.16. The third kappa shape index (κ3) is 2.69. The van der Waals surface area contributed by atoms with Gasteiger partial charge in [0.1, 0.15) is 5.75 Å².